The van der Waals surface area contributed by atoms with E-state index < -0.39 is 0 Å². The van der Waals surface area contributed by atoms with Crippen molar-refractivity contribution >= 4 is 0 Å². The molecular weight excluding hydrogens is 186 g/mol. The predicted octanol–water partition coefficient (Wildman–Crippen LogP) is 3.19. The maximum absolute atomic E-state index is 5.79. The molecule has 0 bridgehead atoms. The molecule has 1 atom stereocenters. The second kappa shape index (κ2) is 4.17. The molecule has 1 saturated heterocycles. The standard InChI is InChI=1S/C13H25NO/c1-7-10-15-11-8-9-12(2,3)14(6)13(11,4)5/h7,10-11H,8-9H2,1-6H3. The first kappa shape index (κ1) is 12.6. The van der Waals surface area contributed by atoms with Gasteiger partial charge in [0.05, 0.1) is 11.8 Å². The first-order valence-corrected chi connectivity index (χ1v) is 5.83. The largest absolute Gasteiger partial charge is 0.496 e. The van der Waals surface area contributed by atoms with Crippen LogP contribution in [0.15, 0.2) is 12.3 Å². The van der Waals surface area contributed by atoms with E-state index >= 15 is 0 Å². The molecule has 15 heavy (non-hydrogen) atoms. The fraction of sp³-hybridized carbons (Fsp3) is 0.846. The monoisotopic (exact) mass is 211 g/mol. The minimum atomic E-state index is 0.0985. The molecule has 0 saturated carbocycles. The number of rotatable bonds is 2. The lowest BCUT2D eigenvalue weighted by molar-refractivity contribution is -0.0939. The van der Waals surface area contributed by atoms with Crippen molar-refractivity contribution in [2.24, 2.45) is 0 Å². The Morgan fingerprint density at radius 3 is 2.40 bits per heavy atom. The number of piperidine rings is 1. The van der Waals surface area contributed by atoms with Crippen LogP contribution in [0.5, 0.6) is 0 Å². The van der Waals surface area contributed by atoms with Crippen molar-refractivity contribution in [1.82, 2.24) is 4.90 Å². The number of hydrogen-bond donors (Lipinski definition) is 0. The molecule has 2 heteroatoms. The molecule has 1 heterocycles. The lowest BCUT2D eigenvalue weighted by Gasteiger charge is -2.54. The quantitative estimate of drug-likeness (QED) is 0.650. The van der Waals surface area contributed by atoms with E-state index in [9.17, 15) is 0 Å². The molecule has 2 nitrogen and oxygen atoms in total. The van der Waals surface area contributed by atoms with Crippen LogP contribution in [-0.4, -0.2) is 29.1 Å². The molecule has 0 aromatic heterocycles. The van der Waals surface area contributed by atoms with E-state index in [2.05, 4.69) is 39.6 Å². The van der Waals surface area contributed by atoms with Crippen LogP contribution in [0, 0.1) is 0 Å². The van der Waals surface area contributed by atoms with Gasteiger partial charge in [0.2, 0.25) is 0 Å². The molecule has 1 fully saturated rings. The summed E-state index contributed by atoms with van der Waals surface area (Å²) in [6.07, 6.45) is 6.39. The van der Waals surface area contributed by atoms with Crippen molar-refractivity contribution in [3.05, 3.63) is 12.3 Å². The first-order chi connectivity index (χ1) is 6.82. The van der Waals surface area contributed by atoms with Crippen LogP contribution in [0.2, 0.25) is 0 Å². The molecule has 1 rings (SSSR count). The Labute approximate surface area is 94.3 Å². The normalized spacial score (nSPS) is 30.7. The zero-order chi connectivity index (χ0) is 11.7. The van der Waals surface area contributed by atoms with Crippen LogP contribution in [0.4, 0.5) is 0 Å². The molecular formula is C13H25NO. The maximum Gasteiger partial charge on any atom is 0.116 e. The Hall–Kier alpha value is -0.500. The Kier molecular flexibility index (Phi) is 3.49. The van der Waals surface area contributed by atoms with Gasteiger partial charge in [-0.1, -0.05) is 6.08 Å². The number of allylic oxidation sites excluding steroid dienone is 1. The van der Waals surface area contributed by atoms with Gasteiger partial charge >= 0.3 is 0 Å². The lowest BCUT2D eigenvalue weighted by atomic mass is 9.78. The summed E-state index contributed by atoms with van der Waals surface area (Å²) in [6, 6.07) is 0. The summed E-state index contributed by atoms with van der Waals surface area (Å²) in [4.78, 5) is 2.44. The van der Waals surface area contributed by atoms with Gasteiger partial charge in [0.25, 0.3) is 0 Å². The van der Waals surface area contributed by atoms with Gasteiger partial charge in [0.15, 0.2) is 0 Å². The highest BCUT2D eigenvalue weighted by Crippen LogP contribution is 2.38. The Morgan fingerprint density at radius 1 is 1.27 bits per heavy atom. The van der Waals surface area contributed by atoms with Crippen LogP contribution in [0.25, 0.3) is 0 Å². The zero-order valence-corrected chi connectivity index (χ0v) is 11.0. The van der Waals surface area contributed by atoms with Crippen LogP contribution in [0.3, 0.4) is 0 Å². The van der Waals surface area contributed by atoms with Crippen LogP contribution < -0.4 is 0 Å². The topological polar surface area (TPSA) is 12.5 Å². The number of ether oxygens (including phenoxy) is 1. The second-order valence-corrected chi connectivity index (χ2v) is 5.66. The smallest absolute Gasteiger partial charge is 0.116 e. The molecule has 1 aliphatic heterocycles. The number of likely N-dealkylation sites (N-methyl/N-ethyl adjacent to an activating group) is 1. The fourth-order valence-electron chi connectivity index (χ4n) is 2.41. The lowest BCUT2D eigenvalue weighted by Crippen LogP contribution is -2.63. The third kappa shape index (κ3) is 2.36. The second-order valence-electron chi connectivity index (χ2n) is 5.66. The van der Waals surface area contributed by atoms with Crippen molar-refractivity contribution in [2.45, 2.75) is 64.6 Å². The van der Waals surface area contributed by atoms with E-state index in [1.807, 2.05) is 19.3 Å². The van der Waals surface area contributed by atoms with Gasteiger partial charge in [0.1, 0.15) is 6.10 Å². The molecule has 0 aromatic rings. The third-order valence-electron chi connectivity index (χ3n) is 3.96. The number of nitrogens with zero attached hydrogens (tertiary/aromatic N) is 1. The average molecular weight is 211 g/mol. The Morgan fingerprint density at radius 2 is 1.87 bits per heavy atom. The fourth-order valence-corrected chi connectivity index (χ4v) is 2.41. The van der Waals surface area contributed by atoms with Crippen molar-refractivity contribution in [2.75, 3.05) is 7.05 Å². The van der Waals surface area contributed by atoms with Crippen LogP contribution >= 0.6 is 0 Å². The summed E-state index contributed by atoms with van der Waals surface area (Å²) in [7, 11) is 2.20. The molecule has 0 amide bonds. The first-order valence-electron chi connectivity index (χ1n) is 5.83. The summed E-state index contributed by atoms with van der Waals surface area (Å²) in [5.74, 6) is 0. The van der Waals surface area contributed by atoms with Crippen molar-refractivity contribution in [3.63, 3.8) is 0 Å². The Bertz CT molecular complexity index is 243. The third-order valence-corrected chi connectivity index (χ3v) is 3.96. The van der Waals surface area contributed by atoms with Gasteiger partial charge < -0.3 is 4.74 Å². The summed E-state index contributed by atoms with van der Waals surface area (Å²) in [5, 5.41) is 0. The molecule has 0 spiro atoms. The molecule has 0 N–H and O–H groups in total. The van der Waals surface area contributed by atoms with Crippen LogP contribution in [-0.2, 0) is 4.74 Å². The molecule has 1 unspecified atom stereocenters. The van der Waals surface area contributed by atoms with E-state index in [0.717, 1.165) is 6.42 Å². The maximum atomic E-state index is 5.79. The highest BCUT2D eigenvalue weighted by Gasteiger charge is 2.45. The van der Waals surface area contributed by atoms with Gasteiger partial charge in [-0.3, -0.25) is 4.90 Å². The summed E-state index contributed by atoms with van der Waals surface area (Å²) in [6.45, 7) is 11.1. The highest BCUT2D eigenvalue weighted by molar-refractivity contribution is 5.01. The minimum absolute atomic E-state index is 0.0985. The van der Waals surface area contributed by atoms with E-state index in [0.29, 0.717) is 6.10 Å². The Balaban J connectivity index is 2.79. The number of likely N-dealkylation sites (tertiary alicyclic amines) is 1. The SMILES string of the molecule is CC=COC1CCC(C)(C)N(C)C1(C)C. The predicted molar refractivity (Wildman–Crippen MR) is 64.8 cm³/mol. The van der Waals surface area contributed by atoms with Crippen molar-refractivity contribution in [3.8, 4) is 0 Å². The van der Waals surface area contributed by atoms with Crippen LogP contribution in [0.1, 0.15) is 47.5 Å². The van der Waals surface area contributed by atoms with Crippen molar-refractivity contribution in [1.29, 1.82) is 0 Å². The highest BCUT2D eigenvalue weighted by atomic mass is 16.5. The molecule has 0 aliphatic carbocycles. The van der Waals surface area contributed by atoms with Gasteiger partial charge in [-0.25, -0.2) is 0 Å². The van der Waals surface area contributed by atoms with Gasteiger partial charge in [-0.15, -0.1) is 0 Å². The molecule has 0 radical (unpaired) electrons. The molecule has 0 aromatic carbocycles. The summed E-state index contributed by atoms with van der Waals surface area (Å²) < 4.78 is 5.79. The van der Waals surface area contributed by atoms with Gasteiger partial charge in [-0.2, -0.15) is 0 Å². The minimum Gasteiger partial charge on any atom is -0.496 e. The van der Waals surface area contributed by atoms with E-state index in [-0.39, 0.29) is 11.1 Å². The zero-order valence-electron chi connectivity index (χ0n) is 11.0. The van der Waals surface area contributed by atoms with Crippen molar-refractivity contribution < 1.29 is 4.74 Å². The van der Waals surface area contributed by atoms with Gasteiger partial charge in [0, 0.05) is 5.54 Å². The average Bonchev–Trinajstić information content (AvgIpc) is 2.14. The molecule has 88 valence electrons. The number of hydrogen-bond acceptors (Lipinski definition) is 2. The summed E-state index contributed by atoms with van der Waals surface area (Å²) >= 11 is 0. The van der Waals surface area contributed by atoms with E-state index in [4.69, 9.17) is 4.74 Å². The van der Waals surface area contributed by atoms with E-state index in [1.54, 1.807) is 0 Å². The van der Waals surface area contributed by atoms with Gasteiger partial charge in [-0.05, 0) is 54.5 Å². The van der Waals surface area contributed by atoms with E-state index in [1.165, 1.54) is 6.42 Å². The molecule has 1 aliphatic rings. The summed E-state index contributed by atoms with van der Waals surface area (Å²) in [5.41, 5.74) is 0.376.